The van der Waals surface area contributed by atoms with Crippen molar-refractivity contribution in [3.05, 3.63) is 46.1 Å². The van der Waals surface area contributed by atoms with E-state index in [0.717, 1.165) is 16.9 Å². The van der Waals surface area contributed by atoms with E-state index in [1.54, 1.807) is 16.7 Å². The SMILES string of the molecule is CCn1cc(NCc2cnn(C)c2C)ccc1=O. The summed E-state index contributed by atoms with van der Waals surface area (Å²) in [5.41, 5.74) is 3.28. The highest BCUT2D eigenvalue weighted by molar-refractivity contribution is 5.41. The first-order valence-corrected chi connectivity index (χ1v) is 6.03. The van der Waals surface area contributed by atoms with Crippen molar-refractivity contribution >= 4 is 5.69 Å². The lowest BCUT2D eigenvalue weighted by Crippen LogP contribution is -2.17. The van der Waals surface area contributed by atoms with E-state index in [4.69, 9.17) is 0 Å². The molecule has 0 fully saturated rings. The Morgan fingerprint density at radius 1 is 1.39 bits per heavy atom. The normalized spacial score (nSPS) is 10.6. The molecule has 0 saturated carbocycles. The molecule has 5 heteroatoms. The van der Waals surface area contributed by atoms with Crippen molar-refractivity contribution < 1.29 is 0 Å². The smallest absolute Gasteiger partial charge is 0.250 e. The van der Waals surface area contributed by atoms with Gasteiger partial charge >= 0.3 is 0 Å². The van der Waals surface area contributed by atoms with E-state index in [1.165, 1.54) is 0 Å². The van der Waals surface area contributed by atoms with Crippen LogP contribution in [0.2, 0.25) is 0 Å². The summed E-state index contributed by atoms with van der Waals surface area (Å²) in [7, 11) is 1.93. The van der Waals surface area contributed by atoms with Crippen LogP contribution in [0.4, 0.5) is 5.69 Å². The minimum atomic E-state index is 0.0283. The van der Waals surface area contributed by atoms with Gasteiger partial charge in [-0.15, -0.1) is 0 Å². The van der Waals surface area contributed by atoms with Gasteiger partial charge in [0.1, 0.15) is 0 Å². The van der Waals surface area contributed by atoms with Gasteiger partial charge in [0.15, 0.2) is 0 Å². The maximum atomic E-state index is 11.5. The summed E-state index contributed by atoms with van der Waals surface area (Å²) in [5, 5.41) is 7.50. The molecule has 0 aliphatic rings. The van der Waals surface area contributed by atoms with Crippen molar-refractivity contribution in [3.63, 3.8) is 0 Å². The maximum absolute atomic E-state index is 11.5. The van der Waals surface area contributed by atoms with Crippen LogP contribution in [0.15, 0.2) is 29.3 Å². The lowest BCUT2D eigenvalue weighted by atomic mass is 10.2. The zero-order valence-electron chi connectivity index (χ0n) is 11.0. The van der Waals surface area contributed by atoms with E-state index >= 15 is 0 Å². The average molecular weight is 246 g/mol. The number of hydrogen-bond donors (Lipinski definition) is 1. The molecule has 0 spiro atoms. The number of pyridine rings is 1. The molecule has 0 bridgehead atoms. The molecule has 2 aromatic heterocycles. The third-order valence-corrected chi connectivity index (χ3v) is 3.14. The van der Waals surface area contributed by atoms with Crippen molar-refractivity contribution in [2.24, 2.45) is 7.05 Å². The van der Waals surface area contributed by atoms with Crippen molar-refractivity contribution in [1.82, 2.24) is 14.3 Å². The van der Waals surface area contributed by atoms with Crippen LogP contribution in [0, 0.1) is 6.92 Å². The lowest BCUT2D eigenvalue weighted by Gasteiger charge is -2.08. The molecule has 0 atom stereocenters. The van der Waals surface area contributed by atoms with E-state index < -0.39 is 0 Å². The summed E-state index contributed by atoms with van der Waals surface area (Å²) in [5.74, 6) is 0. The lowest BCUT2D eigenvalue weighted by molar-refractivity contribution is 0.727. The molecule has 0 aliphatic heterocycles. The number of aromatic nitrogens is 3. The van der Waals surface area contributed by atoms with Gasteiger partial charge in [-0.25, -0.2) is 0 Å². The Hall–Kier alpha value is -2.04. The largest absolute Gasteiger partial charge is 0.380 e. The Labute approximate surface area is 106 Å². The quantitative estimate of drug-likeness (QED) is 0.890. The van der Waals surface area contributed by atoms with Gasteiger partial charge in [-0.1, -0.05) is 0 Å². The monoisotopic (exact) mass is 246 g/mol. The molecule has 2 aromatic rings. The van der Waals surface area contributed by atoms with Crippen LogP contribution in [0.1, 0.15) is 18.2 Å². The highest BCUT2D eigenvalue weighted by Crippen LogP contribution is 2.10. The van der Waals surface area contributed by atoms with E-state index in [1.807, 2.05) is 38.0 Å². The maximum Gasteiger partial charge on any atom is 0.250 e. The molecule has 5 nitrogen and oxygen atoms in total. The van der Waals surface area contributed by atoms with E-state index in [0.29, 0.717) is 13.1 Å². The number of anilines is 1. The minimum Gasteiger partial charge on any atom is -0.380 e. The molecular formula is C13H18N4O. The summed E-state index contributed by atoms with van der Waals surface area (Å²) in [6.45, 7) is 5.38. The molecule has 0 aliphatic carbocycles. The van der Waals surface area contributed by atoms with E-state index in [2.05, 4.69) is 10.4 Å². The molecule has 2 heterocycles. The molecule has 0 radical (unpaired) electrons. The molecule has 96 valence electrons. The van der Waals surface area contributed by atoms with Crippen LogP contribution in [0.5, 0.6) is 0 Å². The van der Waals surface area contributed by atoms with Gasteiger partial charge in [-0.3, -0.25) is 9.48 Å². The Bertz CT molecular complexity index is 597. The molecule has 0 amide bonds. The van der Waals surface area contributed by atoms with Gasteiger partial charge in [0, 0.05) is 43.7 Å². The van der Waals surface area contributed by atoms with Crippen molar-refractivity contribution in [1.29, 1.82) is 0 Å². The van der Waals surface area contributed by atoms with Gasteiger partial charge in [0.05, 0.1) is 11.9 Å². The fourth-order valence-electron chi connectivity index (χ4n) is 1.80. The minimum absolute atomic E-state index is 0.0283. The first-order valence-electron chi connectivity index (χ1n) is 6.03. The van der Waals surface area contributed by atoms with Crippen molar-refractivity contribution in [2.75, 3.05) is 5.32 Å². The van der Waals surface area contributed by atoms with Crippen LogP contribution >= 0.6 is 0 Å². The predicted molar refractivity (Wildman–Crippen MR) is 71.6 cm³/mol. The standard InChI is InChI=1S/C13H18N4O/c1-4-17-9-12(5-6-13(17)18)14-7-11-8-15-16(3)10(11)2/h5-6,8-9,14H,4,7H2,1-3H3. The number of aryl methyl sites for hydroxylation is 2. The van der Waals surface area contributed by atoms with Crippen molar-refractivity contribution in [3.8, 4) is 0 Å². The second-order valence-electron chi connectivity index (χ2n) is 4.27. The van der Waals surface area contributed by atoms with Crippen LogP contribution in [-0.4, -0.2) is 14.3 Å². The molecule has 18 heavy (non-hydrogen) atoms. The molecule has 0 aromatic carbocycles. The predicted octanol–water partition coefficient (Wildman–Crippen LogP) is 1.52. The Balaban J connectivity index is 2.11. The second kappa shape index (κ2) is 5.08. The third-order valence-electron chi connectivity index (χ3n) is 3.14. The van der Waals surface area contributed by atoms with Crippen LogP contribution in [0.3, 0.4) is 0 Å². The van der Waals surface area contributed by atoms with E-state index in [9.17, 15) is 4.79 Å². The highest BCUT2D eigenvalue weighted by atomic mass is 16.1. The summed E-state index contributed by atoms with van der Waals surface area (Å²) in [6.07, 6.45) is 3.70. The van der Waals surface area contributed by atoms with Gasteiger partial charge in [-0.2, -0.15) is 5.10 Å². The van der Waals surface area contributed by atoms with Gasteiger partial charge < -0.3 is 9.88 Å². The molecule has 1 N–H and O–H groups in total. The second-order valence-corrected chi connectivity index (χ2v) is 4.27. The third kappa shape index (κ3) is 2.45. The Kier molecular flexibility index (Phi) is 3.50. The fraction of sp³-hybridized carbons (Fsp3) is 0.385. The first kappa shape index (κ1) is 12.4. The molecular weight excluding hydrogens is 228 g/mol. The van der Waals surface area contributed by atoms with Crippen molar-refractivity contribution in [2.45, 2.75) is 26.9 Å². The topological polar surface area (TPSA) is 51.9 Å². The number of rotatable bonds is 4. The summed E-state index contributed by atoms with van der Waals surface area (Å²) < 4.78 is 3.53. The van der Waals surface area contributed by atoms with Crippen LogP contribution in [-0.2, 0) is 20.1 Å². The first-order chi connectivity index (χ1) is 8.61. The Morgan fingerprint density at radius 2 is 2.17 bits per heavy atom. The summed E-state index contributed by atoms with van der Waals surface area (Å²) >= 11 is 0. The highest BCUT2D eigenvalue weighted by Gasteiger charge is 2.03. The number of hydrogen-bond acceptors (Lipinski definition) is 3. The van der Waals surface area contributed by atoms with Gasteiger partial charge in [0.25, 0.3) is 5.56 Å². The zero-order chi connectivity index (χ0) is 13.1. The van der Waals surface area contributed by atoms with E-state index in [-0.39, 0.29) is 5.56 Å². The molecule has 0 saturated heterocycles. The number of nitrogens with zero attached hydrogens (tertiary/aromatic N) is 3. The Morgan fingerprint density at radius 3 is 2.78 bits per heavy atom. The molecule has 2 rings (SSSR count). The number of nitrogens with one attached hydrogen (secondary N) is 1. The average Bonchev–Trinajstić information content (AvgIpc) is 2.69. The zero-order valence-corrected chi connectivity index (χ0v) is 11.0. The van der Waals surface area contributed by atoms with Gasteiger partial charge in [0.2, 0.25) is 0 Å². The van der Waals surface area contributed by atoms with Crippen LogP contribution in [0.25, 0.3) is 0 Å². The van der Waals surface area contributed by atoms with Gasteiger partial charge in [-0.05, 0) is 19.9 Å². The fourth-order valence-corrected chi connectivity index (χ4v) is 1.80. The summed E-state index contributed by atoms with van der Waals surface area (Å²) in [4.78, 5) is 11.5. The van der Waals surface area contributed by atoms with Crippen LogP contribution < -0.4 is 10.9 Å². The summed E-state index contributed by atoms with van der Waals surface area (Å²) in [6, 6.07) is 3.39. The molecule has 0 unspecified atom stereocenters.